The van der Waals surface area contributed by atoms with Crippen molar-refractivity contribution in [2.24, 2.45) is 0 Å². The van der Waals surface area contributed by atoms with Gasteiger partial charge in [0.25, 0.3) is 0 Å². The zero-order chi connectivity index (χ0) is 12.8. The molecule has 0 unspecified atom stereocenters. The first-order valence-electron chi connectivity index (χ1n) is 5.43. The van der Waals surface area contributed by atoms with Crippen LogP contribution >= 0.6 is 15.9 Å². The quantitative estimate of drug-likeness (QED) is 0.904. The maximum Gasteiger partial charge on any atom is 0.236 e. The van der Waals surface area contributed by atoms with Crippen LogP contribution in [0.5, 0.6) is 0 Å². The van der Waals surface area contributed by atoms with E-state index in [1.165, 1.54) is 6.07 Å². The Labute approximate surface area is 109 Å². The molecule has 0 radical (unpaired) electrons. The molecule has 0 fully saturated rings. The van der Waals surface area contributed by atoms with Crippen LogP contribution in [0.15, 0.2) is 22.7 Å². The molecule has 1 amide bonds. The normalized spacial score (nSPS) is 10.4. The maximum absolute atomic E-state index is 13.4. The number of rotatable bonds is 5. The molecule has 94 valence electrons. The molecule has 1 aromatic rings. The molecule has 0 saturated carbocycles. The van der Waals surface area contributed by atoms with Crippen molar-refractivity contribution in [3.8, 4) is 0 Å². The lowest BCUT2D eigenvalue weighted by Gasteiger charge is -2.14. The molecule has 0 atom stereocenters. The summed E-state index contributed by atoms with van der Waals surface area (Å²) in [5, 5.41) is 2.93. The molecule has 5 heteroatoms. The number of amides is 1. The van der Waals surface area contributed by atoms with Gasteiger partial charge in [-0.1, -0.05) is 15.9 Å². The van der Waals surface area contributed by atoms with E-state index < -0.39 is 0 Å². The maximum atomic E-state index is 13.4. The van der Waals surface area contributed by atoms with Crippen LogP contribution in [-0.2, 0) is 11.3 Å². The molecule has 1 aromatic carbocycles. The molecule has 0 spiro atoms. The Morgan fingerprint density at radius 1 is 1.53 bits per heavy atom. The average Bonchev–Trinajstić information content (AvgIpc) is 2.32. The molecule has 0 aliphatic rings. The lowest BCUT2D eigenvalue weighted by molar-refractivity contribution is -0.128. The predicted octanol–water partition coefficient (Wildman–Crippen LogP) is 2.16. The molecule has 0 bridgehead atoms. The van der Waals surface area contributed by atoms with E-state index in [1.54, 1.807) is 24.1 Å². The van der Waals surface area contributed by atoms with Gasteiger partial charge in [-0.05, 0) is 25.1 Å². The SMILES string of the molecule is CCN(C)C(=O)CNCc1cc(Br)ccc1F. The van der Waals surface area contributed by atoms with Gasteiger partial charge in [0.15, 0.2) is 0 Å². The summed E-state index contributed by atoms with van der Waals surface area (Å²) in [4.78, 5) is 13.1. The third-order valence-corrected chi connectivity index (χ3v) is 2.99. The molecule has 1 rings (SSSR count). The van der Waals surface area contributed by atoms with Gasteiger partial charge in [0.1, 0.15) is 5.82 Å². The van der Waals surface area contributed by atoms with Crippen LogP contribution in [0.25, 0.3) is 0 Å². The van der Waals surface area contributed by atoms with Gasteiger partial charge in [0.2, 0.25) is 5.91 Å². The minimum absolute atomic E-state index is 0.00269. The number of halogens is 2. The first-order chi connectivity index (χ1) is 8.04. The molecule has 0 aliphatic heterocycles. The number of nitrogens with zero attached hydrogens (tertiary/aromatic N) is 1. The number of hydrogen-bond donors (Lipinski definition) is 1. The standard InChI is InChI=1S/C12H16BrFN2O/c1-3-16(2)12(17)8-15-7-9-6-10(13)4-5-11(9)14/h4-6,15H,3,7-8H2,1-2H3. The van der Waals surface area contributed by atoms with E-state index in [4.69, 9.17) is 0 Å². The summed E-state index contributed by atoms with van der Waals surface area (Å²) in [6.07, 6.45) is 0. The first-order valence-corrected chi connectivity index (χ1v) is 6.22. The van der Waals surface area contributed by atoms with Crippen molar-refractivity contribution in [2.75, 3.05) is 20.1 Å². The van der Waals surface area contributed by atoms with Crippen molar-refractivity contribution < 1.29 is 9.18 Å². The van der Waals surface area contributed by atoms with E-state index in [0.717, 1.165) is 4.47 Å². The topological polar surface area (TPSA) is 32.3 Å². The summed E-state index contributed by atoms with van der Waals surface area (Å²) in [5.41, 5.74) is 0.548. The van der Waals surface area contributed by atoms with Crippen LogP contribution in [0.3, 0.4) is 0 Å². The Morgan fingerprint density at radius 2 is 2.24 bits per heavy atom. The van der Waals surface area contributed by atoms with Crippen LogP contribution in [0.2, 0.25) is 0 Å². The molecule has 0 aliphatic carbocycles. The second kappa shape index (κ2) is 6.71. The Kier molecular flexibility index (Phi) is 5.58. The third kappa shape index (κ3) is 4.44. The number of nitrogens with one attached hydrogen (secondary N) is 1. The fourth-order valence-electron chi connectivity index (χ4n) is 1.29. The zero-order valence-electron chi connectivity index (χ0n) is 9.96. The van der Waals surface area contributed by atoms with E-state index in [0.29, 0.717) is 18.7 Å². The van der Waals surface area contributed by atoms with E-state index in [2.05, 4.69) is 21.2 Å². The summed E-state index contributed by atoms with van der Waals surface area (Å²) in [6.45, 7) is 3.14. The molecule has 0 saturated heterocycles. The molecule has 0 aromatic heterocycles. The zero-order valence-corrected chi connectivity index (χ0v) is 11.6. The number of carbonyl (C=O) groups is 1. The van der Waals surface area contributed by atoms with Crippen LogP contribution in [0.4, 0.5) is 4.39 Å². The molecular formula is C12H16BrFN2O. The Bertz CT molecular complexity index is 398. The summed E-state index contributed by atoms with van der Waals surface area (Å²) in [7, 11) is 1.74. The minimum atomic E-state index is -0.267. The summed E-state index contributed by atoms with van der Waals surface area (Å²) < 4.78 is 14.2. The van der Waals surface area contributed by atoms with Crippen LogP contribution in [0, 0.1) is 5.82 Å². The lowest BCUT2D eigenvalue weighted by atomic mass is 10.2. The highest BCUT2D eigenvalue weighted by atomic mass is 79.9. The molecule has 3 nitrogen and oxygen atoms in total. The molecule has 1 N–H and O–H groups in total. The van der Waals surface area contributed by atoms with Crippen LogP contribution in [-0.4, -0.2) is 30.9 Å². The number of benzene rings is 1. The highest BCUT2D eigenvalue weighted by Gasteiger charge is 2.07. The third-order valence-electron chi connectivity index (χ3n) is 2.50. The Morgan fingerprint density at radius 3 is 2.88 bits per heavy atom. The lowest BCUT2D eigenvalue weighted by Crippen LogP contribution is -2.35. The van der Waals surface area contributed by atoms with E-state index >= 15 is 0 Å². The fraction of sp³-hybridized carbons (Fsp3) is 0.417. The van der Waals surface area contributed by atoms with Gasteiger partial charge in [-0.15, -0.1) is 0 Å². The predicted molar refractivity (Wildman–Crippen MR) is 69.1 cm³/mol. The average molecular weight is 303 g/mol. The number of carbonyl (C=O) groups excluding carboxylic acids is 1. The molecular weight excluding hydrogens is 287 g/mol. The van der Waals surface area contributed by atoms with Gasteiger partial charge in [0, 0.05) is 30.2 Å². The minimum Gasteiger partial charge on any atom is -0.345 e. The Balaban J connectivity index is 2.46. The smallest absolute Gasteiger partial charge is 0.236 e. The molecule has 17 heavy (non-hydrogen) atoms. The van der Waals surface area contributed by atoms with Crippen LogP contribution < -0.4 is 5.32 Å². The second-order valence-electron chi connectivity index (χ2n) is 3.75. The first kappa shape index (κ1) is 14.1. The van der Waals surface area contributed by atoms with Crippen molar-refractivity contribution in [3.63, 3.8) is 0 Å². The second-order valence-corrected chi connectivity index (χ2v) is 4.66. The summed E-state index contributed by atoms with van der Waals surface area (Å²) in [6, 6.07) is 4.76. The fourth-order valence-corrected chi connectivity index (χ4v) is 1.70. The Hall–Kier alpha value is -0.940. The number of likely N-dealkylation sites (N-methyl/N-ethyl adjacent to an activating group) is 1. The van der Waals surface area contributed by atoms with Crippen molar-refractivity contribution in [2.45, 2.75) is 13.5 Å². The monoisotopic (exact) mass is 302 g/mol. The van der Waals surface area contributed by atoms with Gasteiger partial charge < -0.3 is 10.2 Å². The largest absolute Gasteiger partial charge is 0.345 e. The van der Waals surface area contributed by atoms with Crippen molar-refractivity contribution in [1.29, 1.82) is 0 Å². The van der Waals surface area contributed by atoms with Gasteiger partial charge in [-0.25, -0.2) is 4.39 Å². The van der Waals surface area contributed by atoms with Gasteiger partial charge in [-0.2, -0.15) is 0 Å². The van der Waals surface area contributed by atoms with Crippen molar-refractivity contribution in [1.82, 2.24) is 10.2 Å². The van der Waals surface area contributed by atoms with E-state index in [-0.39, 0.29) is 18.3 Å². The number of hydrogen-bond acceptors (Lipinski definition) is 2. The van der Waals surface area contributed by atoms with E-state index in [1.807, 2.05) is 6.92 Å². The summed E-state index contributed by atoms with van der Waals surface area (Å²) in [5.74, 6) is -0.264. The van der Waals surface area contributed by atoms with Crippen molar-refractivity contribution in [3.05, 3.63) is 34.1 Å². The van der Waals surface area contributed by atoms with Crippen molar-refractivity contribution >= 4 is 21.8 Å². The highest BCUT2D eigenvalue weighted by molar-refractivity contribution is 9.10. The van der Waals surface area contributed by atoms with Crippen LogP contribution in [0.1, 0.15) is 12.5 Å². The van der Waals surface area contributed by atoms with Gasteiger partial charge in [-0.3, -0.25) is 4.79 Å². The summed E-state index contributed by atoms with van der Waals surface area (Å²) >= 11 is 3.28. The van der Waals surface area contributed by atoms with Gasteiger partial charge >= 0.3 is 0 Å². The van der Waals surface area contributed by atoms with E-state index in [9.17, 15) is 9.18 Å². The highest BCUT2D eigenvalue weighted by Crippen LogP contribution is 2.15. The van der Waals surface area contributed by atoms with Gasteiger partial charge in [0.05, 0.1) is 6.54 Å². The molecule has 0 heterocycles.